The Balaban J connectivity index is 0.00000338. The molecule has 26 heavy (non-hydrogen) atoms. The van der Waals surface area contributed by atoms with Crippen LogP contribution >= 0.6 is 24.0 Å². The first kappa shape index (κ1) is 22.2. The Bertz CT molecular complexity index is 651. The van der Waals surface area contributed by atoms with E-state index in [0.717, 1.165) is 29.4 Å². The molecule has 0 bridgehead atoms. The van der Waals surface area contributed by atoms with Crippen LogP contribution < -0.4 is 15.4 Å². The van der Waals surface area contributed by atoms with Gasteiger partial charge < -0.3 is 20.1 Å². The predicted molar refractivity (Wildman–Crippen MR) is 117 cm³/mol. The standard InChI is InChI=1S/C20H27N3O2.HI/c1-3-21-20(22-12-13-25-19-10-5-4-6-11-19)23-15-17-8-7-9-18(14-17)16-24-2;/h4-11,14H,3,12-13,15-16H2,1-2H3,(H2,21,22,23);1H. The summed E-state index contributed by atoms with van der Waals surface area (Å²) < 4.78 is 10.9. The number of nitrogens with one attached hydrogen (secondary N) is 2. The number of methoxy groups -OCH3 is 1. The lowest BCUT2D eigenvalue weighted by Crippen LogP contribution is -2.39. The molecule has 5 nitrogen and oxygen atoms in total. The minimum Gasteiger partial charge on any atom is -0.492 e. The number of guanidine groups is 1. The number of halogens is 1. The molecule has 0 aliphatic rings. The van der Waals surface area contributed by atoms with E-state index in [1.165, 1.54) is 0 Å². The maximum absolute atomic E-state index is 5.68. The molecular weight excluding hydrogens is 441 g/mol. The van der Waals surface area contributed by atoms with Crippen LogP contribution in [-0.4, -0.2) is 32.8 Å². The van der Waals surface area contributed by atoms with Crippen molar-refractivity contribution < 1.29 is 9.47 Å². The van der Waals surface area contributed by atoms with E-state index in [-0.39, 0.29) is 24.0 Å². The first-order chi connectivity index (χ1) is 12.3. The van der Waals surface area contributed by atoms with Gasteiger partial charge in [0.1, 0.15) is 12.4 Å². The Labute approximate surface area is 173 Å². The molecule has 0 fully saturated rings. The molecule has 0 saturated heterocycles. The largest absolute Gasteiger partial charge is 0.492 e. The second-order valence-electron chi connectivity index (χ2n) is 5.54. The molecule has 0 aliphatic heterocycles. The summed E-state index contributed by atoms with van der Waals surface area (Å²) >= 11 is 0. The highest BCUT2D eigenvalue weighted by Gasteiger charge is 1.99. The van der Waals surface area contributed by atoms with Gasteiger partial charge in [-0.3, -0.25) is 0 Å². The zero-order valence-electron chi connectivity index (χ0n) is 15.4. The zero-order valence-corrected chi connectivity index (χ0v) is 17.7. The highest BCUT2D eigenvalue weighted by molar-refractivity contribution is 14.0. The van der Waals surface area contributed by atoms with Crippen LogP contribution in [0.5, 0.6) is 5.75 Å². The minimum absolute atomic E-state index is 0. The van der Waals surface area contributed by atoms with Gasteiger partial charge in [-0.1, -0.05) is 42.5 Å². The summed E-state index contributed by atoms with van der Waals surface area (Å²) in [4.78, 5) is 4.63. The number of para-hydroxylation sites is 1. The summed E-state index contributed by atoms with van der Waals surface area (Å²) in [6.07, 6.45) is 0. The second-order valence-corrected chi connectivity index (χ2v) is 5.54. The first-order valence-corrected chi connectivity index (χ1v) is 8.58. The fourth-order valence-corrected chi connectivity index (χ4v) is 2.35. The monoisotopic (exact) mass is 469 g/mol. The van der Waals surface area contributed by atoms with E-state index in [9.17, 15) is 0 Å². The fraction of sp³-hybridized carbons (Fsp3) is 0.350. The third-order valence-corrected chi connectivity index (χ3v) is 3.47. The first-order valence-electron chi connectivity index (χ1n) is 8.58. The van der Waals surface area contributed by atoms with Crippen LogP contribution in [-0.2, 0) is 17.9 Å². The Morgan fingerprint density at radius 1 is 1.00 bits per heavy atom. The summed E-state index contributed by atoms with van der Waals surface area (Å²) in [7, 11) is 1.70. The molecule has 142 valence electrons. The highest BCUT2D eigenvalue weighted by atomic mass is 127. The van der Waals surface area contributed by atoms with Crippen LogP contribution in [0, 0.1) is 0 Å². The van der Waals surface area contributed by atoms with Crippen molar-refractivity contribution >= 4 is 29.9 Å². The van der Waals surface area contributed by atoms with Gasteiger partial charge in [0.15, 0.2) is 5.96 Å². The number of ether oxygens (including phenoxy) is 2. The lowest BCUT2D eigenvalue weighted by atomic mass is 10.1. The Morgan fingerprint density at radius 2 is 1.77 bits per heavy atom. The molecule has 0 spiro atoms. The maximum Gasteiger partial charge on any atom is 0.191 e. The number of rotatable bonds is 9. The van der Waals surface area contributed by atoms with Crippen LogP contribution in [0.4, 0.5) is 0 Å². The van der Waals surface area contributed by atoms with Gasteiger partial charge in [-0.05, 0) is 30.2 Å². The normalized spacial score (nSPS) is 10.8. The second kappa shape index (κ2) is 13.4. The average Bonchev–Trinajstić information content (AvgIpc) is 2.64. The summed E-state index contributed by atoms with van der Waals surface area (Å²) in [6, 6.07) is 18.1. The molecule has 0 radical (unpaired) electrons. The van der Waals surface area contributed by atoms with Gasteiger partial charge >= 0.3 is 0 Å². The molecule has 2 aromatic rings. The Morgan fingerprint density at radius 3 is 2.50 bits per heavy atom. The Kier molecular flexibility index (Phi) is 11.5. The van der Waals surface area contributed by atoms with Crippen LogP contribution in [0.2, 0.25) is 0 Å². The molecular formula is C20H28IN3O2. The van der Waals surface area contributed by atoms with Crippen molar-refractivity contribution in [2.45, 2.75) is 20.1 Å². The molecule has 0 heterocycles. The van der Waals surface area contributed by atoms with Gasteiger partial charge in [0, 0.05) is 13.7 Å². The fourth-order valence-electron chi connectivity index (χ4n) is 2.35. The maximum atomic E-state index is 5.68. The third-order valence-electron chi connectivity index (χ3n) is 3.47. The zero-order chi connectivity index (χ0) is 17.7. The summed E-state index contributed by atoms with van der Waals surface area (Å²) in [6.45, 7) is 5.37. The van der Waals surface area contributed by atoms with Crippen molar-refractivity contribution in [1.29, 1.82) is 0 Å². The molecule has 6 heteroatoms. The van der Waals surface area contributed by atoms with Crippen LogP contribution in [0.15, 0.2) is 59.6 Å². The molecule has 2 N–H and O–H groups in total. The topological polar surface area (TPSA) is 54.9 Å². The van der Waals surface area contributed by atoms with Crippen molar-refractivity contribution in [1.82, 2.24) is 10.6 Å². The number of benzene rings is 2. The SMILES string of the molecule is CCNC(=NCc1cccc(COC)c1)NCCOc1ccccc1.I. The molecule has 0 saturated carbocycles. The van der Waals surface area contributed by atoms with Gasteiger partial charge in [0.2, 0.25) is 0 Å². The van der Waals surface area contributed by atoms with Crippen molar-refractivity contribution in [3.63, 3.8) is 0 Å². The number of hydrogen-bond acceptors (Lipinski definition) is 3. The van der Waals surface area contributed by atoms with E-state index in [4.69, 9.17) is 9.47 Å². The summed E-state index contributed by atoms with van der Waals surface area (Å²) in [5.74, 6) is 1.66. The van der Waals surface area contributed by atoms with Crippen LogP contribution in [0.25, 0.3) is 0 Å². The van der Waals surface area contributed by atoms with E-state index in [0.29, 0.717) is 26.3 Å². The molecule has 0 unspecified atom stereocenters. The number of nitrogens with zero attached hydrogens (tertiary/aromatic N) is 1. The lowest BCUT2D eigenvalue weighted by molar-refractivity contribution is 0.185. The predicted octanol–water partition coefficient (Wildman–Crippen LogP) is 3.59. The number of aliphatic imine (C=N–C) groups is 1. The highest BCUT2D eigenvalue weighted by Crippen LogP contribution is 2.08. The molecule has 2 rings (SSSR count). The molecule has 0 amide bonds. The van der Waals surface area contributed by atoms with Gasteiger partial charge in [0.05, 0.1) is 19.7 Å². The van der Waals surface area contributed by atoms with Crippen LogP contribution in [0.1, 0.15) is 18.1 Å². The van der Waals surface area contributed by atoms with Gasteiger partial charge in [-0.15, -0.1) is 24.0 Å². The van der Waals surface area contributed by atoms with E-state index >= 15 is 0 Å². The van der Waals surface area contributed by atoms with E-state index in [1.54, 1.807) is 7.11 Å². The molecule has 0 aromatic heterocycles. The van der Waals surface area contributed by atoms with E-state index in [2.05, 4.69) is 40.7 Å². The number of hydrogen-bond donors (Lipinski definition) is 2. The smallest absolute Gasteiger partial charge is 0.191 e. The van der Waals surface area contributed by atoms with E-state index in [1.807, 2.05) is 36.4 Å². The van der Waals surface area contributed by atoms with Gasteiger partial charge in [-0.2, -0.15) is 0 Å². The summed E-state index contributed by atoms with van der Waals surface area (Å²) in [5, 5.41) is 6.54. The van der Waals surface area contributed by atoms with E-state index < -0.39 is 0 Å². The van der Waals surface area contributed by atoms with Gasteiger partial charge in [-0.25, -0.2) is 4.99 Å². The van der Waals surface area contributed by atoms with Crippen LogP contribution in [0.3, 0.4) is 0 Å². The van der Waals surface area contributed by atoms with Crippen molar-refractivity contribution in [2.24, 2.45) is 4.99 Å². The summed E-state index contributed by atoms with van der Waals surface area (Å²) in [5.41, 5.74) is 2.32. The quantitative estimate of drug-likeness (QED) is 0.255. The van der Waals surface area contributed by atoms with Crippen molar-refractivity contribution in [2.75, 3.05) is 26.8 Å². The van der Waals surface area contributed by atoms with Gasteiger partial charge in [0.25, 0.3) is 0 Å². The lowest BCUT2D eigenvalue weighted by Gasteiger charge is -2.12. The Hall–Kier alpha value is -1.80. The van der Waals surface area contributed by atoms with Crippen molar-refractivity contribution in [3.05, 3.63) is 65.7 Å². The third kappa shape index (κ3) is 8.53. The molecule has 0 aliphatic carbocycles. The molecule has 2 aromatic carbocycles. The molecule has 0 atom stereocenters. The van der Waals surface area contributed by atoms with Crippen molar-refractivity contribution in [3.8, 4) is 5.75 Å². The average molecular weight is 469 g/mol. The minimum atomic E-state index is 0.